The zero-order valence-electron chi connectivity index (χ0n) is 18.8. The molecule has 14 nitrogen and oxygen atoms in total. The number of hydrogen-bond acceptors (Lipinski definition) is 8. The number of hydrogen-bond donors (Lipinski definition) is 7. The van der Waals surface area contributed by atoms with Crippen molar-refractivity contribution >= 4 is 35.6 Å². The molecule has 0 bridgehead atoms. The van der Waals surface area contributed by atoms with E-state index in [1.54, 1.807) is 0 Å². The van der Waals surface area contributed by atoms with Crippen molar-refractivity contribution in [3.63, 3.8) is 0 Å². The second-order valence-corrected chi connectivity index (χ2v) is 8.07. The van der Waals surface area contributed by atoms with Gasteiger partial charge in [-0.3, -0.25) is 24.0 Å². The molecule has 14 heteroatoms. The van der Waals surface area contributed by atoms with Crippen molar-refractivity contribution in [1.82, 2.24) is 15.5 Å². The highest BCUT2D eigenvalue weighted by Gasteiger charge is 2.39. The number of nitrogens with one attached hydrogen (secondary N) is 2. The first kappa shape index (κ1) is 28.8. The topological polar surface area (TPSA) is 242 Å². The number of rotatable bonds is 15. The van der Waals surface area contributed by atoms with Crippen LogP contribution in [0.1, 0.15) is 51.4 Å². The molecule has 0 aliphatic carbocycles. The summed E-state index contributed by atoms with van der Waals surface area (Å²) in [4.78, 5) is 72.8. The summed E-state index contributed by atoms with van der Waals surface area (Å²) in [5.41, 5.74) is 11.2. The number of carboxylic acid groups (broad SMARTS) is 3. The molecule has 192 valence electrons. The van der Waals surface area contributed by atoms with Crippen molar-refractivity contribution in [3.05, 3.63) is 0 Å². The van der Waals surface area contributed by atoms with Crippen LogP contribution in [-0.2, 0) is 28.8 Å². The van der Waals surface area contributed by atoms with Crippen LogP contribution in [0.2, 0.25) is 0 Å². The van der Waals surface area contributed by atoms with Crippen LogP contribution >= 0.6 is 0 Å². The van der Waals surface area contributed by atoms with Crippen molar-refractivity contribution in [2.45, 2.75) is 75.5 Å². The van der Waals surface area contributed by atoms with Crippen LogP contribution < -0.4 is 22.1 Å². The molecule has 1 saturated heterocycles. The minimum absolute atomic E-state index is 0.0820. The number of carbonyl (C=O) groups is 6. The van der Waals surface area contributed by atoms with Gasteiger partial charge in [0.2, 0.25) is 17.7 Å². The second-order valence-electron chi connectivity index (χ2n) is 8.07. The van der Waals surface area contributed by atoms with Crippen LogP contribution in [0.15, 0.2) is 0 Å². The summed E-state index contributed by atoms with van der Waals surface area (Å²) in [5.74, 6) is -6.48. The van der Waals surface area contributed by atoms with E-state index in [0.29, 0.717) is 25.8 Å². The summed E-state index contributed by atoms with van der Waals surface area (Å²) in [6.45, 7) is 0.495. The fourth-order valence-electron chi connectivity index (χ4n) is 3.59. The van der Waals surface area contributed by atoms with E-state index in [1.165, 1.54) is 0 Å². The number of carbonyl (C=O) groups excluding carboxylic acids is 3. The van der Waals surface area contributed by atoms with Crippen LogP contribution in [0.25, 0.3) is 0 Å². The lowest BCUT2D eigenvalue weighted by Crippen LogP contribution is -2.57. The first-order valence-electron chi connectivity index (χ1n) is 11.0. The molecule has 1 aliphatic heterocycles. The first-order valence-corrected chi connectivity index (χ1v) is 11.0. The van der Waals surface area contributed by atoms with Gasteiger partial charge < -0.3 is 42.3 Å². The summed E-state index contributed by atoms with van der Waals surface area (Å²) in [7, 11) is 0. The Morgan fingerprint density at radius 1 is 0.912 bits per heavy atom. The fourth-order valence-corrected chi connectivity index (χ4v) is 3.59. The number of carboxylic acids is 3. The Bertz CT molecular complexity index is 776. The average Bonchev–Trinajstić information content (AvgIpc) is 3.25. The van der Waals surface area contributed by atoms with Crippen molar-refractivity contribution in [2.75, 3.05) is 13.1 Å². The molecule has 1 rings (SSSR count). The summed E-state index contributed by atoms with van der Waals surface area (Å²) >= 11 is 0. The van der Waals surface area contributed by atoms with Crippen LogP contribution in [0.5, 0.6) is 0 Å². The van der Waals surface area contributed by atoms with E-state index < -0.39 is 72.6 Å². The molecule has 1 heterocycles. The van der Waals surface area contributed by atoms with Crippen LogP contribution in [0.3, 0.4) is 0 Å². The molecular formula is C20H33N5O9. The summed E-state index contributed by atoms with van der Waals surface area (Å²) in [6, 6.07) is -5.13. The standard InChI is InChI=1S/C20H33N5O9/c21-8-2-1-4-11(22)17(30)23-12(6-7-15(26)27)18(31)24-13(10-16(28)29)19(32)25-9-3-5-14(25)20(33)34/h11-14H,1-10,21-22H2,(H,23,30)(H,24,31)(H,26,27)(H,28,29)(H,33,34)/t11-,12-,13-,14-/m0/s1. The fraction of sp³-hybridized carbons (Fsp3) is 0.700. The molecule has 1 fully saturated rings. The molecule has 0 spiro atoms. The summed E-state index contributed by atoms with van der Waals surface area (Å²) in [5, 5.41) is 32.0. The van der Waals surface area contributed by atoms with Gasteiger partial charge in [0.15, 0.2) is 0 Å². The highest BCUT2D eigenvalue weighted by molar-refractivity contribution is 5.96. The van der Waals surface area contributed by atoms with Gasteiger partial charge in [0.1, 0.15) is 18.1 Å². The summed E-state index contributed by atoms with van der Waals surface area (Å²) in [6.07, 6.45) is 0.407. The second kappa shape index (κ2) is 14.1. The van der Waals surface area contributed by atoms with Crippen LogP contribution in [-0.4, -0.2) is 93.1 Å². The van der Waals surface area contributed by atoms with Crippen LogP contribution in [0, 0.1) is 0 Å². The van der Waals surface area contributed by atoms with Crippen LogP contribution in [0.4, 0.5) is 0 Å². The van der Waals surface area contributed by atoms with Gasteiger partial charge in [0.25, 0.3) is 0 Å². The van der Waals surface area contributed by atoms with E-state index in [2.05, 4.69) is 10.6 Å². The largest absolute Gasteiger partial charge is 0.481 e. The third-order valence-electron chi connectivity index (χ3n) is 5.40. The number of aliphatic carboxylic acids is 3. The molecule has 1 aliphatic rings. The van der Waals surface area contributed by atoms with Crippen molar-refractivity contribution in [1.29, 1.82) is 0 Å². The van der Waals surface area contributed by atoms with Gasteiger partial charge in [0.05, 0.1) is 12.5 Å². The van der Waals surface area contributed by atoms with Gasteiger partial charge in [0, 0.05) is 13.0 Å². The molecule has 0 radical (unpaired) electrons. The molecule has 0 unspecified atom stereocenters. The van der Waals surface area contributed by atoms with Gasteiger partial charge in [-0.2, -0.15) is 0 Å². The number of amides is 3. The Kier molecular flexibility index (Phi) is 11.9. The van der Waals surface area contributed by atoms with E-state index in [0.717, 1.165) is 4.90 Å². The molecule has 0 aromatic rings. The lowest BCUT2D eigenvalue weighted by molar-refractivity contribution is -0.150. The molecule has 9 N–H and O–H groups in total. The summed E-state index contributed by atoms with van der Waals surface area (Å²) < 4.78 is 0. The Balaban J connectivity index is 2.97. The molecule has 34 heavy (non-hydrogen) atoms. The zero-order chi connectivity index (χ0) is 25.8. The minimum atomic E-state index is -1.60. The normalized spacial score (nSPS) is 17.9. The number of likely N-dealkylation sites (tertiary alicyclic amines) is 1. The predicted molar refractivity (Wildman–Crippen MR) is 116 cm³/mol. The maximum atomic E-state index is 12.9. The molecule has 0 aromatic carbocycles. The lowest BCUT2D eigenvalue weighted by atomic mass is 10.1. The quantitative estimate of drug-likeness (QED) is 0.122. The molecular weight excluding hydrogens is 454 g/mol. The molecule has 0 aromatic heterocycles. The highest BCUT2D eigenvalue weighted by atomic mass is 16.4. The molecule has 4 atom stereocenters. The third-order valence-corrected chi connectivity index (χ3v) is 5.40. The van der Waals surface area contributed by atoms with Crippen molar-refractivity contribution < 1.29 is 44.1 Å². The smallest absolute Gasteiger partial charge is 0.326 e. The van der Waals surface area contributed by atoms with Gasteiger partial charge in [-0.15, -0.1) is 0 Å². The highest BCUT2D eigenvalue weighted by Crippen LogP contribution is 2.19. The van der Waals surface area contributed by atoms with E-state index in [-0.39, 0.29) is 25.8 Å². The predicted octanol–water partition coefficient (Wildman–Crippen LogP) is -2.17. The maximum Gasteiger partial charge on any atom is 0.326 e. The van der Waals surface area contributed by atoms with Gasteiger partial charge in [-0.1, -0.05) is 6.42 Å². The first-order chi connectivity index (χ1) is 16.0. The van der Waals surface area contributed by atoms with E-state index in [9.17, 15) is 39.0 Å². The monoisotopic (exact) mass is 487 g/mol. The van der Waals surface area contributed by atoms with Crippen molar-refractivity contribution in [3.8, 4) is 0 Å². The van der Waals surface area contributed by atoms with Gasteiger partial charge in [-0.05, 0) is 38.6 Å². The van der Waals surface area contributed by atoms with E-state index in [4.69, 9.17) is 16.6 Å². The maximum absolute atomic E-state index is 12.9. The third kappa shape index (κ3) is 9.31. The lowest BCUT2D eigenvalue weighted by Gasteiger charge is -2.28. The Labute approximate surface area is 196 Å². The minimum Gasteiger partial charge on any atom is -0.481 e. The molecule has 0 saturated carbocycles. The molecule has 3 amide bonds. The Morgan fingerprint density at radius 3 is 2.12 bits per heavy atom. The van der Waals surface area contributed by atoms with Gasteiger partial charge in [-0.25, -0.2) is 4.79 Å². The van der Waals surface area contributed by atoms with E-state index in [1.807, 2.05) is 0 Å². The SMILES string of the molecule is NCCCC[C@H](N)C(=O)N[C@@H](CCC(=O)O)C(=O)N[C@@H](CC(=O)O)C(=O)N1CCC[C@H]1C(=O)O. The number of nitrogens with zero attached hydrogens (tertiary/aromatic N) is 1. The van der Waals surface area contributed by atoms with Gasteiger partial charge >= 0.3 is 17.9 Å². The van der Waals surface area contributed by atoms with Crippen molar-refractivity contribution in [2.24, 2.45) is 11.5 Å². The zero-order valence-corrected chi connectivity index (χ0v) is 18.8. The Morgan fingerprint density at radius 2 is 1.56 bits per heavy atom. The number of nitrogens with two attached hydrogens (primary N) is 2. The number of unbranched alkanes of at least 4 members (excludes halogenated alkanes) is 1. The van der Waals surface area contributed by atoms with E-state index >= 15 is 0 Å². The Hall–Kier alpha value is -3.26. The average molecular weight is 488 g/mol.